The van der Waals surface area contributed by atoms with Crippen molar-refractivity contribution in [2.24, 2.45) is 0 Å². The molecule has 8 heteroatoms. The van der Waals surface area contributed by atoms with E-state index in [1.54, 1.807) is 0 Å². The summed E-state index contributed by atoms with van der Waals surface area (Å²) in [5.74, 6) is -1.74. The summed E-state index contributed by atoms with van der Waals surface area (Å²) >= 11 is 0. The van der Waals surface area contributed by atoms with Gasteiger partial charge in [-0.3, -0.25) is 9.59 Å². The molecule has 0 aliphatic rings. The lowest BCUT2D eigenvalue weighted by molar-refractivity contribution is -0.139. The first-order valence-corrected chi connectivity index (χ1v) is 8.50. The topological polar surface area (TPSA) is 156 Å². The second-order valence-electron chi connectivity index (χ2n) is 5.35. The second-order valence-corrected chi connectivity index (χ2v) is 5.35. The van der Waals surface area contributed by atoms with Gasteiger partial charge in [-0.15, -0.1) is 0 Å². The number of rotatable bonds is 7. The lowest BCUT2D eigenvalue weighted by Gasteiger charge is -2.00. The van der Waals surface area contributed by atoms with E-state index in [2.05, 4.69) is 60.7 Å². The maximum Gasteiger partial charge on any atom is 0.303 e. The van der Waals surface area contributed by atoms with Gasteiger partial charge >= 0.3 is 11.9 Å². The molecule has 0 saturated carbocycles. The quantitative estimate of drug-likeness (QED) is 0.314. The molecule has 2 aromatic rings. The first kappa shape index (κ1) is 27.4. The van der Waals surface area contributed by atoms with Gasteiger partial charge in [0, 0.05) is 12.8 Å². The van der Waals surface area contributed by atoms with E-state index in [-0.39, 0.29) is 12.8 Å². The normalized spacial score (nSPS) is 8.14. The van der Waals surface area contributed by atoms with Gasteiger partial charge in [-0.1, -0.05) is 60.7 Å². The fourth-order valence-electron chi connectivity index (χ4n) is 1.98. The molecule has 0 aliphatic carbocycles. The molecule has 0 saturated heterocycles. The van der Waals surface area contributed by atoms with Crippen LogP contribution in [0.1, 0.15) is 36.8 Å². The van der Waals surface area contributed by atoms with Crippen LogP contribution < -0.4 is 0 Å². The zero-order valence-electron chi connectivity index (χ0n) is 15.8. The van der Waals surface area contributed by atoms with E-state index < -0.39 is 11.9 Å². The number of carbonyl (C=O) groups excluding carboxylic acids is 2. The van der Waals surface area contributed by atoms with Crippen molar-refractivity contribution in [3.63, 3.8) is 0 Å². The van der Waals surface area contributed by atoms with Crippen molar-refractivity contribution in [3.05, 3.63) is 71.8 Å². The van der Waals surface area contributed by atoms with Crippen molar-refractivity contribution in [2.45, 2.75) is 32.1 Å². The zero-order chi connectivity index (χ0) is 22.3. The van der Waals surface area contributed by atoms with Crippen LogP contribution in [0.3, 0.4) is 0 Å². The third kappa shape index (κ3) is 22.1. The highest BCUT2D eigenvalue weighted by molar-refractivity contribution is 5.67. The Hall–Kier alpha value is -3.86. The second kappa shape index (κ2) is 20.5. The van der Waals surface area contributed by atoms with Crippen LogP contribution in [0, 0.1) is 10.8 Å². The molecule has 8 nitrogen and oxygen atoms in total. The average Bonchev–Trinajstić information content (AvgIpc) is 2.68. The Balaban J connectivity index is 0. The van der Waals surface area contributed by atoms with Crippen LogP contribution in [0.4, 0.5) is 0 Å². The lowest BCUT2D eigenvalue weighted by Crippen LogP contribution is -1.97. The third-order valence-corrected chi connectivity index (χ3v) is 3.13. The summed E-state index contributed by atoms with van der Waals surface area (Å²) in [5.41, 5.74) is 2.74. The molecule has 29 heavy (non-hydrogen) atoms. The predicted octanol–water partition coefficient (Wildman–Crippen LogP) is 3.80. The molecule has 0 spiro atoms. The van der Waals surface area contributed by atoms with E-state index in [0.717, 1.165) is 18.6 Å². The smallest absolute Gasteiger partial charge is 0.303 e. The fourth-order valence-corrected chi connectivity index (χ4v) is 1.98. The molecular formula is C21H24N2O6. The van der Waals surface area contributed by atoms with Crippen molar-refractivity contribution < 1.29 is 29.4 Å². The van der Waals surface area contributed by atoms with E-state index in [9.17, 15) is 9.59 Å². The molecule has 4 N–H and O–H groups in total. The zero-order valence-corrected chi connectivity index (χ0v) is 15.8. The van der Waals surface area contributed by atoms with Gasteiger partial charge in [-0.25, -0.2) is 20.4 Å². The predicted molar refractivity (Wildman–Crippen MR) is 106 cm³/mol. The highest BCUT2D eigenvalue weighted by Crippen LogP contribution is 2.07. The molecule has 0 radical (unpaired) electrons. The molecule has 0 amide bonds. The minimum absolute atomic E-state index is 0.0628. The Morgan fingerprint density at radius 3 is 1.21 bits per heavy atom. The number of carboxylic acids is 2. The van der Waals surface area contributed by atoms with Gasteiger partial charge in [-0.2, -0.15) is 0 Å². The minimum Gasteiger partial charge on any atom is -0.481 e. The summed E-state index contributed by atoms with van der Waals surface area (Å²) in [7, 11) is 0. The van der Waals surface area contributed by atoms with Crippen molar-refractivity contribution >= 4 is 24.1 Å². The molecule has 0 aromatic heterocycles. The van der Waals surface area contributed by atoms with E-state index in [1.807, 2.05) is 0 Å². The summed E-state index contributed by atoms with van der Waals surface area (Å²) in [4.78, 5) is 36.5. The number of benzene rings is 2. The van der Waals surface area contributed by atoms with E-state index in [4.69, 9.17) is 30.6 Å². The van der Waals surface area contributed by atoms with Crippen molar-refractivity contribution in [1.82, 2.24) is 0 Å². The number of aliphatic carboxylic acids is 2. The van der Waals surface area contributed by atoms with Crippen LogP contribution in [0.5, 0.6) is 0 Å². The number of carboxylic acid groups (broad SMARTS) is 2. The number of nitrogens with one attached hydrogen (secondary N) is 2. The Bertz CT molecular complexity index is 686. The summed E-state index contributed by atoms with van der Waals surface area (Å²) in [6.45, 7) is 0. The van der Waals surface area contributed by atoms with Gasteiger partial charge in [0.2, 0.25) is 12.2 Å². The number of hydrogen-bond acceptors (Lipinski definition) is 6. The minimum atomic E-state index is -0.870. The Kier molecular flexibility index (Phi) is 19.3. The maximum atomic E-state index is 9.90. The van der Waals surface area contributed by atoms with Crippen LogP contribution in [0.15, 0.2) is 60.7 Å². The third-order valence-electron chi connectivity index (χ3n) is 3.13. The Morgan fingerprint density at radius 1 is 0.690 bits per heavy atom. The number of carbonyl (C=O) groups is 2. The monoisotopic (exact) mass is 400 g/mol. The Morgan fingerprint density at radius 2 is 0.966 bits per heavy atom. The SMILES string of the molecule is N=C=O.N=C=O.O=C(O)CCCCC(=O)O.c1ccc(Cc2ccccc2)cc1. The van der Waals surface area contributed by atoms with Gasteiger partial charge < -0.3 is 10.2 Å². The molecular weight excluding hydrogens is 376 g/mol. The van der Waals surface area contributed by atoms with Crippen molar-refractivity contribution in [2.75, 3.05) is 0 Å². The molecule has 2 rings (SSSR count). The fraction of sp³-hybridized carbons (Fsp3) is 0.238. The highest BCUT2D eigenvalue weighted by atomic mass is 16.4. The van der Waals surface area contributed by atoms with Crippen LogP contribution in [0.25, 0.3) is 0 Å². The number of unbranched alkanes of at least 4 members (excludes halogenated alkanes) is 1. The summed E-state index contributed by atoms with van der Waals surface area (Å²) in [6.07, 6.45) is 3.55. The van der Waals surface area contributed by atoms with Crippen LogP contribution in [-0.2, 0) is 25.6 Å². The van der Waals surface area contributed by atoms with E-state index >= 15 is 0 Å². The summed E-state index contributed by atoms with van der Waals surface area (Å²) in [5, 5.41) is 27.1. The molecule has 0 unspecified atom stereocenters. The van der Waals surface area contributed by atoms with Gasteiger partial charge in [-0.05, 0) is 30.4 Å². The van der Waals surface area contributed by atoms with Crippen LogP contribution >= 0.6 is 0 Å². The molecule has 0 aliphatic heterocycles. The van der Waals surface area contributed by atoms with Crippen LogP contribution in [0.2, 0.25) is 0 Å². The highest BCUT2D eigenvalue weighted by Gasteiger charge is 1.99. The molecule has 154 valence electrons. The standard InChI is InChI=1S/C13H12.C6H10O4.2CHNO/c1-3-7-12(8-4-1)11-13-9-5-2-6-10-13;7-5(8)3-1-2-4-6(9)10;2*2-1-3/h1-10H,11H2;1-4H2,(H,7,8)(H,9,10);2*2H. The van der Waals surface area contributed by atoms with Gasteiger partial charge in [0.15, 0.2) is 0 Å². The number of isocyanates is 2. The number of hydrogen-bond donors (Lipinski definition) is 4. The largest absolute Gasteiger partial charge is 0.481 e. The van der Waals surface area contributed by atoms with Crippen LogP contribution in [-0.4, -0.2) is 34.3 Å². The summed E-state index contributed by atoms with van der Waals surface area (Å²) in [6, 6.07) is 21.1. The van der Waals surface area contributed by atoms with E-state index in [0.29, 0.717) is 12.8 Å². The first-order chi connectivity index (χ1) is 13.9. The van der Waals surface area contributed by atoms with Gasteiger partial charge in [0.25, 0.3) is 0 Å². The lowest BCUT2D eigenvalue weighted by atomic mass is 10.1. The van der Waals surface area contributed by atoms with Crippen molar-refractivity contribution in [3.8, 4) is 0 Å². The van der Waals surface area contributed by atoms with Gasteiger partial charge in [0.1, 0.15) is 0 Å². The molecule has 0 fully saturated rings. The average molecular weight is 400 g/mol. The molecule has 2 aromatic carbocycles. The molecule has 0 atom stereocenters. The Labute approximate surface area is 168 Å². The molecule has 0 bridgehead atoms. The van der Waals surface area contributed by atoms with Gasteiger partial charge in [0.05, 0.1) is 0 Å². The first-order valence-electron chi connectivity index (χ1n) is 8.50. The van der Waals surface area contributed by atoms with E-state index in [1.165, 1.54) is 11.1 Å². The maximum absolute atomic E-state index is 9.90. The molecule has 0 heterocycles. The summed E-state index contributed by atoms with van der Waals surface area (Å²) < 4.78 is 0. The van der Waals surface area contributed by atoms with Crippen molar-refractivity contribution in [1.29, 1.82) is 10.8 Å².